The molecule has 0 saturated heterocycles. The lowest BCUT2D eigenvalue weighted by atomic mass is 9.77. The van der Waals surface area contributed by atoms with Gasteiger partial charge in [-0.1, -0.05) is 18.2 Å². The molecule has 7 heteroatoms. The minimum Gasteiger partial charge on any atom is -0.508 e. The van der Waals surface area contributed by atoms with Crippen molar-refractivity contribution in [2.45, 2.75) is 5.60 Å². The van der Waals surface area contributed by atoms with E-state index in [4.69, 9.17) is 18.9 Å². The highest BCUT2D eigenvalue weighted by Crippen LogP contribution is 2.61. The zero-order valence-corrected chi connectivity index (χ0v) is 15.6. The maximum atomic E-state index is 12.8. The number of hydrogen-bond donors (Lipinski definition) is 2. The molecule has 2 aliphatic rings. The second-order valence-corrected chi connectivity index (χ2v) is 6.73. The second kappa shape index (κ2) is 5.81. The molecule has 5 rings (SSSR count). The summed E-state index contributed by atoms with van der Waals surface area (Å²) in [6, 6.07) is 13.0. The van der Waals surface area contributed by atoms with Crippen molar-refractivity contribution in [2.24, 2.45) is 0 Å². The number of rotatable bonds is 2. The Balaban J connectivity index is 1.96. The molecule has 146 valence electrons. The molecule has 0 saturated carbocycles. The third-order valence-corrected chi connectivity index (χ3v) is 5.28. The Morgan fingerprint density at radius 3 is 2.41 bits per heavy atom. The van der Waals surface area contributed by atoms with Crippen LogP contribution in [0.15, 0.2) is 48.5 Å². The van der Waals surface area contributed by atoms with E-state index >= 15 is 0 Å². The van der Waals surface area contributed by atoms with E-state index in [1.54, 1.807) is 24.3 Å². The van der Waals surface area contributed by atoms with Crippen molar-refractivity contribution in [2.75, 3.05) is 14.2 Å². The molecule has 1 unspecified atom stereocenters. The number of carbonyl (C=O) groups is 1. The van der Waals surface area contributed by atoms with Crippen molar-refractivity contribution in [3.05, 3.63) is 70.8 Å². The molecule has 0 amide bonds. The number of hydrogen-bond acceptors (Lipinski definition) is 7. The number of methoxy groups -OCH3 is 2. The Hall–Kier alpha value is -3.87. The van der Waals surface area contributed by atoms with Crippen LogP contribution in [0.25, 0.3) is 0 Å². The monoisotopic (exact) mass is 392 g/mol. The summed E-state index contributed by atoms with van der Waals surface area (Å²) in [6.07, 6.45) is 0. The molecular formula is C22H16O7. The fourth-order valence-electron chi connectivity index (χ4n) is 4.15. The first-order chi connectivity index (χ1) is 14.0. The van der Waals surface area contributed by atoms with E-state index in [9.17, 15) is 15.0 Å². The number of aromatic hydroxyl groups is 2. The lowest BCUT2D eigenvalue weighted by Gasteiger charge is -2.37. The lowest BCUT2D eigenvalue weighted by Crippen LogP contribution is -2.33. The van der Waals surface area contributed by atoms with Crippen molar-refractivity contribution >= 4 is 5.97 Å². The Bertz CT molecular complexity index is 1180. The summed E-state index contributed by atoms with van der Waals surface area (Å²) < 4.78 is 22.9. The highest BCUT2D eigenvalue weighted by Gasteiger charge is 2.56. The average molecular weight is 392 g/mol. The predicted molar refractivity (Wildman–Crippen MR) is 101 cm³/mol. The van der Waals surface area contributed by atoms with Crippen LogP contribution in [0.3, 0.4) is 0 Å². The van der Waals surface area contributed by atoms with Gasteiger partial charge in [0.2, 0.25) is 5.75 Å². The molecule has 0 radical (unpaired) electrons. The van der Waals surface area contributed by atoms with Crippen molar-refractivity contribution in [3.63, 3.8) is 0 Å². The van der Waals surface area contributed by atoms with Gasteiger partial charge in [0.25, 0.3) is 0 Å². The minimum atomic E-state index is -1.39. The number of phenols is 2. The fourth-order valence-corrected chi connectivity index (χ4v) is 4.15. The molecule has 2 N–H and O–H groups in total. The highest BCUT2D eigenvalue weighted by atomic mass is 16.6. The maximum absolute atomic E-state index is 12.8. The van der Waals surface area contributed by atoms with Crippen LogP contribution >= 0.6 is 0 Å². The summed E-state index contributed by atoms with van der Waals surface area (Å²) in [7, 11) is 2.83. The van der Waals surface area contributed by atoms with Crippen molar-refractivity contribution < 1.29 is 34.0 Å². The minimum absolute atomic E-state index is 0.00958. The van der Waals surface area contributed by atoms with E-state index in [1.165, 1.54) is 32.4 Å². The standard InChI is InChI=1S/C22H16O7/c1-26-19-15(24)10-17-18(20(19)27-2)22(14-8-7-11(23)9-16(14)28-17)13-6-4-3-5-12(13)21(25)29-22/h3-10,23-24H,1-2H3. The Labute approximate surface area is 165 Å². The summed E-state index contributed by atoms with van der Waals surface area (Å²) in [5, 5.41) is 20.4. The van der Waals surface area contributed by atoms with Crippen LogP contribution in [-0.2, 0) is 10.3 Å². The summed E-state index contributed by atoms with van der Waals surface area (Å²) in [6.45, 7) is 0. The summed E-state index contributed by atoms with van der Waals surface area (Å²) in [5.74, 6) is 0.102. The van der Waals surface area contributed by atoms with Crippen LogP contribution in [0.4, 0.5) is 0 Å². The zero-order chi connectivity index (χ0) is 20.3. The average Bonchev–Trinajstić information content (AvgIpc) is 3.00. The van der Waals surface area contributed by atoms with E-state index in [0.29, 0.717) is 28.0 Å². The van der Waals surface area contributed by atoms with Crippen LogP contribution in [-0.4, -0.2) is 30.4 Å². The van der Waals surface area contributed by atoms with Gasteiger partial charge in [0, 0.05) is 23.3 Å². The molecule has 0 bridgehead atoms. The lowest BCUT2D eigenvalue weighted by molar-refractivity contribution is 0.0215. The van der Waals surface area contributed by atoms with E-state index in [2.05, 4.69) is 0 Å². The molecular weight excluding hydrogens is 376 g/mol. The fraction of sp³-hybridized carbons (Fsp3) is 0.136. The van der Waals surface area contributed by atoms with Crippen molar-refractivity contribution in [1.82, 2.24) is 0 Å². The van der Waals surface area contributed by atoms with Gasteiger partial charge in [-0.15, -0.1) is 0 Å². The Morgan fingerprint density at radius 2 is 1.66 bits per heavy atom. The normalized spacial score (nSPS) is 18.3. The maximum Gasteiger partial charge on any atom is 0.340 e. The van der Waals surface area contributed by atoms with Crippen molar-refractivity contribution in [3.8, 4) is 34.5 Å². The van der Waals surface area contributed by atoms with Gasteiger partial charge in [0.05, 0.1) is 25.3 Å². The van der Waals surface area contributed by atoms with Crippen LogP contribution in [0.5, 0.6) is 34.5 Å². The Morgan fingerprint density at radius 1 is 0.897 bits per heavy atom. The molecule has 0 fully saturated rings. The molecule has 29 heavy (non-hydrogen) atoms. The summed E-state index contributed by atoms with van der Waals surface area (Å²) in [4.78, 5) is 12.8. The van der Waals surface area contributed by atoms with Gasteiger partial charge >= 0.3 is 5.97 Å². The quantitative estimate of drug-likeness (QED) is 0.643. The number of ether oxygens (including phenoxy) is 4. The molecule has 7 nitrogen and oxygen atoms in total. The van der Waals surface area contributed by atoms with E-state index < -0.39 is 11.6 Å². The summed E-state index contributed by atoms with van der Waals surface area (Å²) in [5.41, 5.74) is 0.538. The highest BCUT2D eigenvalue weighted by molar-refractivity contribution is 5.97. The first-order valence-corrected chi connectivity index (χ1v) is 8.84. The van der Waals surface area contributed by atoms with E-state index in [1.807, 2.05) is 6.07 Å². The molecule has 3 aromatic rings. The molecule has 1 spiro atoms. The Kier molecular flexibility index (Phi) is 3.46. The SMILES string of the molecule is COc1c(O)cc2c(c1OC)C1(OC(=O)c3ccccc31)c1ccc(O)cc1O2. The van der Waals surface area contributed by atoms with Crippen LogP contribution in [0, 0.1) is 0 Å². The van der Waals surface area contributed by atoms with Crippen LogP contribution in [0.2, 0.25) is 0 Å². The van der Waals surface area contributed by atoms with Crippen molar-refractivity contribution in [1.29, 1.82) is 0 Å². The first kappa shape index (κ1) is 17.2. The van der Waals surface area contributed by atoms with E-state index in [-0.39, 0.29) is 28.7 Å². The number of carbonyl (C=O) groups excluding carboxylic acids is 1. The zero-order valence-electron chi connectivity index (χ0n) is 15.6. The number of phenolic OH excluding ortho intramolecular Hbond substituents is 2. The first-order valence-electron chi connectivity index (χ1n) is 8.84. The summed E-state index contributed by atoms with van der Waals surface area (Å²) >= 11 is 0. The van der Waals surface area contributed by atoms with E-state index in [0.717, 1.165) is 0 Å². The predicted octanol–water partition coefficient (Wildman–Crippen LogP) is 3.68. The molecule has 2 aliphatic heterocycles. The largest absolute Gasteiger partial charge is 0.508 e. The third kappa shape index (κ3) is 2.09. The van der Waals surface area contributed by atoms with Gasteiger partial charge in [0.15, 0.2) is 17.1 Å². The molecule has 2 heterocycles. The third-order valence-electron chi connectivity index (χ3n) is 5.28. The second-order valence-electron chi connectivity index (χ2n) is 6.73. The molecule has 3 aromatic carbocycles. The van der Waals surface area contributed by atoms with Gasteiger partial charge in [-0.25, -0.2) is 4.79 Å². The van der Waals surface area contributed by atoms with Gasteiger partial charge < -0.3 is 29.2 Å². The van der Waals surface area contributed by atoms with Crippen LogP contribution in [0.1, 0.15) is 27.0 Å². The number of benzene rings is 3. The molecule has 0 aromatic heterocycles. The topological polar surface area (TPSA) is 94.5 Å². The smallest absolute Gasteiger partial charge is 0.340 e. The van der Waals surface area contributed by atoms with Crippen LogP contribution < -0.4 is 14.2 Å². The number of fused-ring (bicyclic) bond motifs is 6. The van der Waals surface area contributed by atoms with Gasteiger partial charge in [0.1, 0.15) is 17.2 Å². The van der Waals surface area contributed by atoms with Gasteiger partial charge in [-0.2, -0.15) is 0 Å². The number of esters is 1. The molecule has 0 aliphatic carbocycles. The van der Waals surface area contributed by atoms with Gasteiger partial charge in [-0.3, -0.25) is 0 Å². The molecule has 1 atom stereocenters. The van der Waals surface area contributed by atoms with Gasteiger partial charge in [-0.05, 0) is 18.2 Å².